The van der Waals surface area contributed by atoms with Crippen LogP contribution in [0.3, 0.4) is 0 Å². The van der Waals surface area contributed by atoms with Gasteiger partial charge in [-0.1, -0.05) is 13.8 Å². The van der Waals surface area contributed by atoms with Crippen molar-refractivity contribution >= 4 is 10.0 Å². The molecule has 0 aromatic heterocycles. The molecule has 0 aliphatic carbocycles. The molecule has 0 fully saturated rings. The molecule has 0 saturated carbocycles. The number of likely N-dealkylation sites (N-methyl/N-ethyl adjacent to an activating group) is 1. The van der Waals surface area contributed by atoms with Crippen LogP contribution in [0.15, 0.2) is 23.1 Å². The molecule has 0 aliphatic rings. The maximum Gasteiger partial charge on any atom is 0.240 e. The van der Waals surface area contributed by atoms with Gasteiger partial charge in [-0.25, -0.2) is 17.5 Å². The van der Waals surface area contributed by atoms with Gasteiger partial charge in [-0.2, -0.15) is 5.26 Å². The zero-order chi connectivity index (χ0) is 15.9. The van der Waals surface area contributed by atoms with Crippen LogP contribution in [-0.4, -0.2) is 39.5 Å². The molecule has 0 radical (unpaired) electrons. The van der Waals surface area contributed by atoms with Crippen LogP contribution in [-0.2, 0) is 10.0 Å². The third-order valence-corrected chi connectivity index (χ3v) is 4.53. The molecule has 0 spiro atoms. The van der Waals surface area contributed by atoms with Crippen molar-refractivity contribution < 1.29 is 12.8 Å². The monoisotopic (exact) mass is 313 g/mol. The molecule has 116 valence electrons. The smallest absolute Gasteiger partial charge is 0.240 e. The Labute approximate surface area is 125 Å². The zero-order valence-corrected chi connectivity index (χ0v) is 13.1. The van der Waals surface area contributed by atoms with Gasteiger partial charge in [-0.15, -0.1) is 0 Å². The second-order valence-corrected chi connectivity index (χ2v) is 6.35. The first-order valence-electron chi connectivity index (χ1n) is 6.86. The molecule has 1 N–H and O–H groups in total. The van der Waals surface area contributed by atoms with E-state index >= 15 is 0 Å². The molecule has 1 rings (SSSR count). The number of nitrogens with zero attached hydrogens (tertiary/aromatic N) is 2. The fourth-order valence-corrected chi connectivity index (χ4v) is 2.97. The molecule has 7 heteroatoms. The molecule has 21 heavy (non-hydrogen) atoms. The maximum absolute atomic E-state index is 13.2. The molecule has 0 saturated heterocycles. The minimum absolute atomic E-state index is 0.0982. The number of nitriles is 1. The Kier molecular flexibility index (Phi) is 6.75. The fourth-order valence-electron chi connectivity index (χ4n) is 1.92. The third-order valence-electron chi connectivity index (χ3n) is 3.08. The molecule has 5 nitrogen and oxygen atoms in total. The number of benzene rings is 1. The van der Waals surface area contributed by atoms with Crippen LogP contribution >= 0.6 is 0 Å². The molecule has 0 atom stereocenters. The predicted molar refractivity (Wildman–Crippen MR) is 78.7 cm³/mol. The van der Waals surface area contributed by atoms with Crippen molar-refractivity contribution in [3.05, 3.63) is 29.6 Å². The van der Waals surface area contributed by atoms with E-state index in [1.165, 1.54) is 0 Å². The lowest BCUT2D eigenvalue weighted by Crippen LogP contribution is -2.35. The lowest BCUT2D eigenvalue weighted by atomic mass is 10.2. The highest BCUT2D eigenvalue weighted by molar-refractivity contribution is 7.89. The van der Waals surface area contributed by atoms with E-state index in [4.69, 9.17) is 5.26 Å². The summed E-state index contributed by atoms with van der Waals surface area (Å²) >= 11 is 0. The average molecular weight is 313 g/mol. The Balaban J connectivity index is 2.72. The van der Waals surface area contributed by atoms with Gasteiger partial charge in [0.1, 0.15) is 11.9 Å². The van der Waals surface area contributed by atoms with Crippen LogP contribution in [0, 0.1) is 17.1 Å². The minimum atomic E-state index is -3.72. The quantitative estimate of drug-likeness (QED) is 0.793. The maximum atomic E-state index is 13.2. The Morgan fingerprint density at radius 1 is 1.33 bits per heavy atom. The molecule has 1 aromatic rings. The van der Waals surface area contributed by atoms with Gasteiger partial charge in [0.05, 0.1) is 10.5 Å². The zero-order valence-electron chi connectivity index (χ0n) is 12.3. The van der Waals surface area contributed by atoms with Crippen molar-refractivity contribution in [2.45, 2.75) is 25.2 Å². The van der Waals surface area contributed by atoms with Crippen LogP contribution in [0.1, 0.15) is 25.8 Å². The molecule has 0 amide bonds. The fraction of sp³-hybridized carbons (Fsp3) is 0.500. The Morgan fingerprint density at radius 3 is 2.62 bits per heavy atom. The van der Waals surface area contributed by atoms with Gasteiger partial charge < -0.3 is 4.90 Å². The molecular weight excluding hydrogens is 293 g/mol. The first-order valence-corrected chi connectivity index (χ1v) is 8.34. The van der Waals surface area contributed by atoms with Gasteiger partial charge in [0.15, 0.2) is 0 Å². The standard InChI is InChI=1S/C14H20FN3O2S/c1-3-8-18(4-2)9-7-17-21(19,20)13-5-6-14(15)12(10-13)11-16/h5-6,10,17H,3-4,7-9H2,1-2H3. The van der Waals surface area contributed by atoms with E-state index in [9.17, 15) is 12.8 Å². The number of nitrogens with one attached hydrogen (secondary N) is 1. The molecule has 1 aromatic carbocycles. The summed E-state index contributed by atoms with van der Waals surface area (Å²) in [6.07, 6.45) is 1.00. The van der Waals surface area contributed by atoms with E-state index in [2.05, 4.69) is 16.5 Å². The van der Waals surface area contributed by atoms with E-state index < -0.39 is 15.8 Å². The van der Waals surface area contributed by atoms with Gasteiger partial charge >= 0.3 is 0 Å². The second kappa shape index (κ2) is 8.08. The van der Waals surface area contributed by atoms with Gasteiger partial charge in [0.2, 0.25) is 10.0 Å². The Morgan fingerprint density at radius 2 is 2.05 bits per heavy atom. The lowest BCUT2D eigenvalue weighted by Gasteiger charge is -2.19. The molecular formula is C14H20FN3O2S. The van der Waals surface area contributed by atoms with Crippen molar-refractivity contribution in [2.24, 2.45) is 0 Å². The number of sulfonamides is 1. The summed E-state index contributed by atoms with van der Waals surface area (Å²) in [6.45, 7) is 6.72. The van der Waals surface area contributed by atoms with Crippen molar-refractivity contribution in [2.75, 3.05) is 26.2 Å². The summed E-state index contributed by atoms with van der Waals surface area (Å²) in [5.74, 6) is -0.725. The van der Waals surface area contributed by atoms with E-state index in [0.717, 1.165) is 37.7 Å². The Bertz CT molecular complexity index is 611. The average Bonchev–Trinajstić information content (AvgIpc) is 2.46. The number of hydrogen-bond acceptors (Lipinski definition) is 4. The molecule has 0 aliphatic heterocycles. The first kappa shape index (κ1) is 17.6. The van der Waals surface area contributed by atoms with E-state index in [0.29, 0.717) is 6.54 Å². The van der Waals surface area contributed by atoms with Crippen LogP contribution < -0.4 is 4.72 Å². The van der Waals surface area contributed by atoms with E-state index in [1.807, 2.05) is 6.92 Å². The van der Waals surface area contributed by atoms with Crippen LogP contribution in [0.2, 0.25) is 0 Å². The molecule has 0 unspecified atom stereocenters. The predicted octanol–water partition coefficient (Wildman–Crippen LogP) is 1.71. The number of halogens is 1. The number of rotatable bonds is 8. The topological polar surface area (TPSA) is 73.2 Å². The Hall–Kier alpha value is -1.49. The summed E-state index contributed by atoms with van der Waals surface area (Å²) < 4.78 is 39.8. The lowest BCUT2D eigenvalue weighted by molar-refractivity contribution is 0.293. The highest BCUT2D eigenvalue weighted by Crippen LogP contribution is 2.14. The highest BCUT2D eigenvalue weighted by Gasteiger charge is 2.16. The van der Waals surface area contributed by atoms with Crippen LogP contribution in [0.5, 0.6) is 0 Å². The van der Waals surface area contributed by atoms with Gasteiger partial charge in [0.25, 0.3) is 0 Å². The van der Waals surface area contributed by atoms with E-state index in [1.54, 1.807) is 6.07 Å². The minimum Gasteiger partial charge on any atom is -0.302 e. The van der Waals surface area contributed by atoms with Crippen molar-refractivity contribution in [1.82, 2.24) is 9.62 Å². The highest BCUT2D eigenvalue weighted by atomic mass is 32.2. The van der Waals surface area contributed by atoms with Gasteiger partial charge in [0, 0.05) is 13.1 Å². The summed E-state index contributed by atoms with van der Waals surface area (Å²) in [4.78, 5) is 2.03. The van der Waals surface area contributed by atoms with Crippen molar-refractivity contribution in [1.29, 1.82) is 5.26 Å². The summed E-state index contributed by atoms with van der Waals surface area (Å²) in [5, 5.41) is 8.74. The normalized spacial score (nSPS) is 11.6. The van der Waals surface area contributed by atoms with Gasteiger partial charge in [-0.05, 0) is 37.7 Å². The van der Waals surface area contributed by atoms with Crippen LogP contribution in [0.4, 0.5) is 4.39 Å². The third kappa shape index (κ3) is 5.08. The summed E-state index contributed by atoms with van der Waals surface area (Å²) in [7, 11) is -3.72. The largest absolute Gasteiger partial charge is 0.302 e. The van der Waals surface area contributed by atoms with Gasteiger partial charge in [-0.3, -0.25) is 0 Å². The van der Waals surface area contributed by atoms with Crippen molar-refractivity contribution in [3.8, 4) is 6.07 Å². The summed E-state index contributed by atoms with van der Waals surface area (Å²) in [5.41, 5.74) is -0.279. The SMILES string of the molecule is CCCN(CC)CCNS(=O)(=O)c1ccc(F)c(C#N)c1. The molecule has 0 bridgehead atoms. The first-order chi connectivity index (χ1) is 9.94. The van der Waals surface area contributed by atoms with Crippen molar-refractivity contribution in [3.63, 3.8) is 0 Å². The second-order valence-electron chi connectivity index (χ2n) is 4.59. The van der Waals surface area contributed by atoms with E-state index in [-0.39, 0.29) is 17.0 Å². The van der Waals surface area contributed by atoms with Crippen LogP contribution in [0.25, 0.3) is 0 Å². The molecule has 0 heterocycles. The number of hydrogen-bond donors (Lipinski definition) is 1. The summed E-state index contributed by atoms with van der Waals surface area (Å²) in [6, 6.07) is 4.82.